The summed E-state index contributed by atoms with van der Waals surface area (Å²) in [4.78, 5) is 10.6. The van der Waals surface area contributed by atoms with E-state index in [2.05, 4.69) is 0 Å². The Morgan fingerprint density at radius 2 is 2.00 bits per heavy atom. The summed E-state index contributed by atoms with van der Waals surface area (Å²) in [6.07, 6.45) is 1.88. The molecule has 0 saturated heterocycles. The Labute approximate surface area is 120 Å². The van der Waals surface area contributed by atoms with Crippen LogP contribution >= 0.6 is 0 Å². The van der Waals surface area contributed by atoms with Gasteiger partial charge in [-0.25, -0.2) is 0 Å². The van der Waals surface area contributed by atoms with E-state index in [1.54, 1.807) is 0 Å². The lowest BCUT2D eigenvalue weighted by Gasteiger charge is -2.31. The van der Waals surface area contributed by atoms with Gasteiger partial charge in [-0.05, 0) is 25.7 Å². The van der Waals surface area contributed by atoms with Crippen LogP contribution < -0.4 is 0 Å². The maximum atomic E-state index is 12.5. The van der Waals surface area contributed by atoms with Crippen molar-refractivity contribution in [3.05, 3.63) is 0 Å². The quantitative estimate of drug-likeness (QED) is 0.630. The summed E-state index contributed by atoms with van der Waals surface area (Å²) >= 11 is 0. The third-order valence-corrected chi connectivity index (χ3v) is 5.68. The number of hydrogen-bond acceptors (Lipinski definition) is 4. The second-order valence-corrected chi connectivity index (χ2v) is 7.14. The molecule has 0 spiro atoms. The van der Waals surface area contributed by atoms with Crippen LogP contribution in [-0.2, 0) is 19.7 Å². The first kappa shape index (κ1) is 17.4. The minimum absolute atomic E-state index is 0.0292. The number of carboxylic acid groups (broad SMARTS) is 1. The Bertz CT molecular complexity index is 422. The van der Waals surface area contributed by atoms with Gasteiger partial charge in [-0.2, -0.15) is 17.0 Å². The minimum atomic E-state index is -3.65. The van der Waals surface area contributed by atoms with Crippen molar-refractivity contribution in [1.29, 1.82) is 0 Å². The molecule has 8 heteroatoms. The van der Waals surface area contributed by atoms with E-state index in [9.17, 15) is 13.2 Å². The van der Waals surface area contributed by atoms with Crippen molar-refractivity contribution in [2.45, 2.75) is 32.2 Å². The zero-order valence-corrected chi connectivity index (χ0v) is 13.1. The van der Waals surface area contributed by atoms with E-state index >= 15 is 0 Å². The minimum Gasteiger partial charge on any atom is -0.481 e. The van der Waals surface area contributed by atoms with E-state index < -0.39 is 16.2 Å². The Hall–Kier alpha value is -0.700. The number of carboxylic acids is 1. The van der Waals surface area contributed by atoms with Crippen molar-refractivity contribution in [2.24, 2.45) is 5.92 Å². The molecular weight excluding hydrogens is 284 g/mol. The normalized spacial score (nSPS) is 17.6. The molecule has 1 aliphatic rings. The Kier molecular flexibility index (Phi) is 6.38. The molecule has 20 heavy (non-hydrogen) atoms. The first-order chi connectivity index (χ1) is 9.30. The highest BCUT2D eigenvalue weighted by Crippen LogP contribution is 2.36. The summed E-state index contributed by atoms with van der Waals surface area (Å²) < 4.78 is 32.6. The van der Waals surface area contributed by atoms with Crippen LogP contribution in [0.3, 0.4) is 0 Å². The monoisotopic (exact) mass is 308 g/mol. The average molecular weight is 308 g/mol. The van der Waals surface area contributed by atoms with Crippen LogP contribution in [0.4, 0.5) is 0 Å². The molecule has 1 fully saturated rings. The number of aliphatic carboxylic acids is 1. The fraction of sp³-hybridized carbons (Fsp3) is 0.917. The fourth-order valence-electron chi connectivity index (χ4n) is 2.07. The largest absolute Gasteiger partial charge is 0.481 e. The van der Waals surface area contributed by atoms with Gasteiger partial charge in [0.15, 0.2) is 0 Å². The third-order valence-electron chi connectivity index (χ3n) is 3.61. The molecule has 1 N–H and O–H groups in total. The summed E-state index contributed by atoms with van der Waals surface area (Å²) in [6, 6.07) is -0.0811. The van der Waals surface area contributed by atoms with Crippen LogP contribution in [0, 0.1) is 5.92 Å². The highest BCUT2D eigenvalue weighted by atomic mass is 32.2. The molecule has 0 aromatic carbocycles. The molecule has 7 nitrogen and oxygen atoms in total. The maximum Gasteiger partial charge on any atom is 0.304 e. The van der Waals surface area contributed by atoms with E-state index in [4.69, 9.17) is 9.84 Å². The summed E-state index contributed by atoms with van der Waals surface area (Å²) in [5.74, 6) is -0.611. The topological polar surface area (TPSA) is 87.2 Å². The first-order valence-electron chi connectivity index (χ1n) is 6.74. The lowest BCUT2D eigenvalue weighted by molar-refractivity contribution is -0.137. The molecule has 1 unspecified atom stereocenters. The van der Waals surface area contributed by atoms with Crippen molar-refractivity contribution in [2.75, 3.05) is 33.9 Å². The zero-order chi connectivity index (χ0) is 15.3. The average Bonchev–Trinajstić information content (AvgIpc) is 3.19. The molecular formula is C12H24N2O5S. The molecule has 1 saturated carbocycles. The summed E-state index contributed by atoms with van der Waals surface area (Å²) in [6.45, 7) is 2.48. The second-order valence-electron chi connectivity index (χ2n) is 5.15. The summed E-state index contributed by atoms with van der Waals surface area (Å²) in [5, 5.41) is 8.66. The number of ether oxygens (including phenoxy) is 1. The molecule has 1 rings (SSSR count). The smallest absolute Gasteiger partial charge is 0.304 e. The highest BCUT2D eigenvalue weighted by Gasteiger charge is 2.39. The fourth-order valence-corrected chi connectivity index (χ4v) is 3.65. The van der Waals surface area contributed by atoms with E-state index in [0.29, 0.717) is 12.5 Å². The Morgan fingerprint density at radius 1 is 1.40 bits per heavy atom. The standard InChI is InChI=1S/C12H24N2O5S/c1-10(11-4-5-11)14(8-9-19-3)20(17,18)13(2)7-6-12(15)16/h10-11H,4-9H2,1-3H3,(H,15,16). The van der Waals surface area contributed by atoms with Crippen LogP contribution in [0.1, 0.15) is 26.2 Å². The van der Waals surface area contributed by atoms with Crippen molar-refractivity contribution in [3.8, 4) is 0 Å². The van der Waals surface area contributed by atoms with E-state index in [0.717, 1.165) is 17.1 Å². The Morgan fingerprint density at radius 3 is 2.45 bits per heavy atom. The van der Waals surface area contributed by atoms with Gasteiger partial charge in [-0.1, -0.05) is 0 Å². The number of methoxy groups -OCH3 is 1. The predicted molar refractivity (Wildman–Crippen MR) is 74.6 cm³/mol. The zero-order valence-electron chi connectivity index (χ0n) is 12.3. The van der Waals surface area contributed by atoms with Crippen molar-refractivity contribution >= 4 is 16.2 Å². The predicted octanol–water partition coefficient (Wildman–Crippen LogP) is 0.385. The van der Waals surface area contributed by atoms with Crippen molar-refractivity contribution < 1.29 is 23.1 Å². The molecule has 0 radical (unpaired) electrons. The maximum absolute atomic E-state index is 12.5. The van der Waals surface area contributed by atoms with Gasteiger partial charge in [-0.15, -0.1) is 0 Å². The molecule has 0 bridgehead atoms. The second kappa shape index (κ2) is 7.35. The third kappa shape index (κ3) is 4.69. The summed E-state index contributed by atoms with van der Waals surface area (Å²) in [7, 11) is -0.707. The lowest BCUT2D eigenvalue weighted by atomic mass is 10.2. The van der Waals surface area contributed by atoms with Crippen LogP contribution in [0.2, 0.25) is 0 Å². The Balaban J connectivity index is 2.77. The van der Waals surface area contributed by atoms with Crippen molar-refractivity contribution in [1.82, 2.24) is 8.61 Å². The number of rotatable bonds is 10. The molecule has 0 aromatic rings. The SMILES string of the molecule is COCCN(C(C)C1CC1)S(=O)(=O)N(C)CCC(=O)O. The molecule has 0 aliphatic heterocycles. The number of carbonyl (C=O) groups is 1. The highest BCUT2D eigenvalue weighted by molar-refractivity contribution is 7.86. The molecule has 0 aromatic heterocycles. The van der Waals surface area contributed by atoms with Crippen LogP contribution in [0.5, 0.6) is 0 Å². The van der Waals surface area contributed by atoms with Crippen LogP contribution in [-0.4, -0.2) is 68.0 Å². The first-order valence-corrected chi connectivity index (χ1v) is 8.14. The van der Waals surface area contributed by atoms with Gasteiger partial charge >= 0.3 is 5.97 Å². The van der Waals surface area contributed by atoms with Gasteiger partial charge in [0.2, 0.25) is 0 Å². The number of hydrogen-bond donors (Lipinski definition) is 1. The number of nitrogens with zero attached hydrogens (tertiary/aromatic N) is 2. The lowest BCUT2D eigenvalue weighted by Crippen LogP contribution is -2.48. The van der Waals surface area contributed by atoms with E-state index in [1.165, 1.54) is 18.5 Å². The van der Waals surface area contributed by atoms with Crippen LogP contribution in [0.15, 0.2) is 0 Å². The van der Waals surface area contributed by atoms with E-state index in [1.807, 2.05) is 6.92 Å². The molecule has 0 heterocycles. The summed E-state index contributed by atoms with van der Waals surface area (Å²) in [5.41, 5.74) is 0. The van der Waals surface area contributed by atoms with Crippen LogP contribution in [0.25, 0.3) is 0 Å². The van der Waals surface area contributed by atoms with Gasteiger partial charge in [0.05, 0.1) is 13.0 Å². The molecule has 0 amide bonds. The molecule has 118 valence electrons. The van der Waals surface area contributed by atoms with Gasteiger partial charge in [0, 0.05) is 33.3 Å². The van der Waals surface area contributed by atoms with E-state index in [-0.39, 0.29) is 25.6 Å². The van der Waals surface area contributed by atoms with Gasteiger partial charge in [0.25, 0.3) is 10.2 Å². The molecule has 1 atom stereocenters. The van der Waals surface area contributed by atoms with Gasteiger partial charge < -0.3 is 9.84 Å². The van der Waals surface area contributed by atoms with Gasteiger partial charge in [0.1, 0.15) is 0 Å². The van der Waals surface area contributed by atoms with Crippen molar-refractivity contribution in [3.63, 3.8) is 0 Å². The van der Waals surface area contributed by atoms with Gasteiger partial charge in [-0.3, -0.25) is 4.79 Å². The molecule has 1 aliphatic carbocycles.